The van der Waals surface area contributed by atoms with E-state index in [1.54, 1.807) is 12.1 Å². The molecule has 3 aromatic rings. The third-order valence-corrected chi connectivity index (χ3v) is 2.86. The average molecular weight is 267 g/mol. The van der Waals surface area contributed by atoms with Gasteiger partial charge in [0.15, 0.2) is 5.65 Å². The summed E-state index contributed by atoms with van der Waals surface area (Å²) in [5.41, 5.74) is 2.83. The summed E-state index contributed by atoms with van der Waals surface area (Å²) in [5, 5.41) is 2.96. The molecule has 0 saturated heterocycles. The molecule has 19 heavy (non-hydrogen) atoms. The van der Waals surface area contributed by atoms with Gasteiger partial charge in [0, 0.05) is 23.5 Å². The van der Waals surface area contributed by atoms with Crippen LogP contribution in [0.3, 0.4) is 0 Å². The molecular formula is C13H11FN3NaO. The standard InChI is InChI=1S/C13H10FN3O.Na.H/c1-8-12(9-2-4-10(14)5-3-9)13-15-7-6-11(18)17(13)16-8;;/h2-7,16H,1H3;;/q;+1;-1. The van der Waals surface area contributed by atoms with Gasteiger partial charge in [-0.2, -0.15) is 0 Å². The molecule has 6 heteroatoms. The van der Waals surface area contributed by atoms with Crippen LogP contribution in [0.4, 0.5) is 4.39 Å². The zero-order valence-corrected chi connectivity index (χ0v) is 12.6. The molecule has 0 saturated carbocycles. The smallest absolute Gasteiger partial charge is 1.00 e. The first kappa shape index (κ1) is 14.0. The maximum absolute atomic E-state index is 12.9. The quantitative estimate of drug-likeness (QED) is 0.590. The number of halogens is 1. The van der Waals surface area contributed by atoms with Crippen molar-refractivity contribution in [3.05, 3.63) is 58.4 Å². The predicted octanol–water partition coefficient (Wildman–Crippen LogP) is -0.746. The number of nitrogens with zero attached hydrogens (tertiary/aromatic N) is 2. The van der Waals surface area contributed by atoms with E-state index in [4.69, 9.17) is 0 Å². The van der Waals surface area contributed by atoms with Crippen molar-refractivity contribution in [1.29, 1.82) is 0 Å². The number of fused-ring (bicyclic) bond motifs is 1. The van der Waals surface area contributed by atoms with E-state index in [0.29, 0.717) is 5.65 Å². The zero-order valence-electron chi connectivity index (χ0n) is 11.6. The summed E-state index contributed by atoms with van der Waals surface area (Å²) in [7, 11) is 0. The Hall–Kier alpha value is -1.43. The fourth-order valence-corrected chi connectivity index (χ4v) is 2.05. The molecule has 0 spiro atoms. The van der Waals surface area contributed by atoms with Crippen LogP contribution in [0.15, 0.2) is 41.3 Å². The minimum atomic E-state index is -0.290. The van der Waals surface area contributed by atoms with Crippen LogP contribution in [-0.4, -0.2) is 14.6 Å². The molecule has 0 fully saturated rings. The van der Waals surface area contributed by atoms with E-state index < -0.39 is 0 Å². The first-order chi connectivity index (χ1) is 8.66. The Balaban J connectivity index is 0.000001000. The van der Waals surface area contributed by atoms with E-state index in [2.05, 4.69) is 10.1 Å². The Morgan fingerprint density at radius 2 is 1.95 bits per heavy atom. The molecule has 0 atom stereocenters. The third-order valence-electron chi connectivity index (χ3n) is 2.86. The van der Waals surface area contributed by atoms with Crippen LogP contribution < -0.4 is 35.1 Å². The zero-order chi connectivity index (χ0) is 12.7. The van der Waals surface area contributed by atoms with Crippen LogP contribution in [-0.2, 0) is 0 Å². The van der Waals surface area contributed by atoms with Crippen LogP contribution in [0.25, 0.3) is 16.8 Å². The van der Waals surface area contributed by atoms with Crippen molar-refractivity contribution in [2.45, 2.75) is 6.92 Å². The largest absolute Gasteiger partial charge is 1.00 e. The summed E-state index contributed by atoms with van der Waals surface area (Å²) >= 11 is 0. The van der Waals surface area contributed by atoms with Crippen molar-refractivity contribution >= 4 is 5.65 Å². The third kappa shape index (κ3) is 2.36. The van der Waals surface area contributed by atoms with Gasteiger partial charge in [0.2, 0.25) is 0 Å². The Kier molecular flexibility index (Phi) is 3.89. The van der Waals surface area contributed by atoms with Crippen LogP contribution in [0.2, 0.25) is 0 Å². The Labute approximate surface area is 132 Å². The molecule has 0 radical (unpaired) electrons. The molecule has 0 aliphatic carbocycles. The number of nitrogens with one attached hydrogen (secondary N) is 1. The van der Waals surface area contributed by atoms with Crippen molar-refractivity contribution in [1.82, 2.24) is 14.6 Å². The number of aromatic amines is 1. The van der Waals surface area contributed by atoms with Gasteiger partial charge < -0.3 is 1.43 Å². The van der Waals surface area contributed by atoms with E-state index in [1.165, 1.54) is 28.9 Å². The van der Waals surface area contributed by atoms with Crippen molar-refractivity contribution < 1.29 is 35.4 Å². The van der Waals surface area contributed by atoms with Gasteiger partial charge in [-0.3, -0.25) is 9.89 Å². The van der Waals surface area contributed by atoms with Gasteiger partial charge in [-0.1, -0.05) is 12.1 Å². The van der Waals surface area contributed by atoms with Crippen molar-refractivity contribution in [2.75, 3.05) is 0 Å². The van der Waals surface area contributed by atoms with Gasteiger partial charge in [-0.15, -0.1) is 0 Å². The van der Waals surface area contributed by atoms with E-state index in [0.717, 1.165) is 16.8 Å². The molecule has 0 unspecified atom stereocenters. The molecular weight excluding hydrogens is 256 g/mol. The maximum atomic E-state index is 12.9. The van der Waals surface area contributed by atoms with Crippen LogP contribution >= 0.6 is 0 Å². The van der Waals surface area contributed by atoms with Crippen molar-refractivity contribution in [2.24, 2.45) is 0 Å². The molecule has 4 nitrogen and oxygen atoms in total. The minimum Gasteiger partial charge on any atom is -1.00 e. The van der Waals surface area contributed by atoms with Gasteiger partial charge in [0.25, 0.3) is 5.56 Å². The Morgan fingerprint density at radius 3 is 2.63 bits per heavy atom. The van der Waals surface area contributed by atoms with Gasteiger partial charge in [-0.05, 0) is 24.6 Å². The van der Waals surface area contributed by atoms with E-state index in [1.807, 2.05) is 6.92 Å². The molecule has 0 aliphatic rings. The predicted molar refractivity (Wildman–Crippen MR) is 67.1 cm³/mol. The fourth-order valence-electron chi connectivity index (χ4n) is 2.05. The number of hydrogen-bond donors (Lipinski definition) is 1. The summed E-state index contributed by atoms with van der Waals surface area (Å²) in [6.45, 7) is 1.85. The van der Waals surface area contributed by atoms with Crippen molar-refractivity contribution in [3.8, 4) is 11.1 Å². The van der Waals surface area contributed by atoms with E-state index >= 15 is 0 Å². The van der Waals surface area contributed by atoms with Gasteiger partial charge in [0.05, 0.1) is 0 Å². The first-order valence-electron chi connectivity index (χ1n) is 5.49. The monoisotopic (exact) mass is 267 g/mol. The topological polar surface area (TPSA) is 50.2 Å². The van der Waals surface area contributed by atoms with Crippen LogP contribution in [0, 0.1) is 12.7 Å². The molecule has 1 aromatic carbocycles. The summed E-state index contributed by atoms with van der Waals surface area (Å²) < 4.78 is 14.3. The van der Waals surface area contributed by atoms with Gasteiger partial charge in [0.1, 0.15) is 5.82 Å². The molecule has 2 heterocycles. The minimum absolute atomic E-state index is 0. The first-order valence-corrected chi connectivity index (χ1v) is 5.49. The normalized spacial score (nSPS) is 10.4. The second kappa shape index (κ2) is 5.28. The van der Waals surface area contributed by atoms with Crippen LogP contribution in [0.1, 0.15) is 7.12 Å². The summed E-state index contributed by atoms with van der Waals surface area (Å²) in [6.07, 6.45) is 1.47. The maximum Gasteiger partial charge on any atom is 1.00 e. The number of aryl methyl sites for hydroxylation is 1. The number of benzene rings is 1. The molecule has 0 bridgehead atoms. The van der Waals surface area contributed by atoms with Crippen LogP contribution in [0.5, 0.6) is 0 Å². The van der Waals surface area contributed by atoms with E-state index in [9.17, 15) is 9.18 Å². The molecule has 1 N–H and O–H groups in total. The fraction of sp³-hybridized carbons (Fsp3) is 0.0769. The molecule has 0 amide bonds. The van der Waals surface area contributed by atoms with Gasteiger partial charge >= 0.3 is 29.6 Å². The van der Waals surface area contributed by atoms with Crippen molar-refractivity contribution in [3.63, 3.8) is 0 Å². The second-order valence-corrected chi connectivity index (χ2v) is 4.06. The summed E-state index contributed by atoms with van der Waals surface area (Å²) in [4.78, 5) is 15.9. The second-order valence-electron chi connectivity index (χ2n) is 4.06. The Bertz CT molecular complexity index is 782. The number of aromatic nitrogens is 3. The number of H-pyrrole nitrogens is 1. The number of rotatable bonds is 1. The summed E-state index contributed by atoms with van der Waals surface area (Å²) in [5.74, 6) is -0.290. The Morgan fingerprint density at radius 1 is 1.26 bits per heavy atom. The van der Waals surface area contributed by atoms with Gasteiger partial charge in [-0.25, -0.2) is 13.9 Å². The number of hydrogen-bond acceptors (Lipinski definition) is 2. The molecule has 2 aromatic heterocycles. The average Bonchev–Trinajstić information content (AvgIpc) is 2.69. The molecule has 92 valence electrons. The van der Waals surface area contributed by atoms with E-state index in [-0.39, 0.29) is 42.4 Å². The molecule has 3 rings (SSSR count). The SMILES string of the molecule is Cc1[nH]n2c(=O)ccnc2c1-c1ccc(F)cc1.[H-].[Na+]. The molecule has 0 aliphatic heterocycles. The summed E-state index contributed by atoms with van der Waals surface area (Å²) in [6, 6.07) is 7.51.